The lowest BCUT2D eigenvalue weighted by Gasteiger charge is -2.30. The molecule has 526 valence electrons. The number of carbonyl (C=O) groups is 11. The minimum atomic E-state index is -1.84. The van der Waals surface area contributed by atoms with Crippen LogP contribution in [0.5, 0.6) is 0 Å². The first-order valence-corrected chi connectivity index (χ1v) is 32.9. The molecule has 9 amide bonds. The van der Waals surface area contributed by atoms with Crippen LogP contribution in [0.1, 0.15) is 125 Å². The van der Waals surface area contributed by atoms with Crippen LogP contribution >= 0.6 is 0 Å². The van der Waals surface area contributed by atoms with Gasteiger partial charge >= 0.3 is 11.9 Å². The molecule has 1 aliphatic rings. The molecular weight excluding hydrogens is 1250 g/mol. The van der Waals surface area contributed by atoms with Crippen molar-refractivity contribution < 1.29 is 68.1 Å². The number of carboxylic acid groups (broad SMARTS) is 2. The van der Waals surface area contributed by atoms with Crippen molar-refractivity contribution in [2.24, 2.45) is 39.8 Å². The fraction of sp³-hybridized carbons (Fsp3) is 0.478. The molecule has 1 heterocycles. The summed E-state index contributed by atoms with van der Waals surface area (Å²) >= 11 is 0. The lowest BCUT2D eigenvalue weighted by Crippen LogP contribution is -2.61. The van der Waals surface area contributed by atoms with E-state index in [1.807, 2.05) is 6.07 Å². The number of aliphatic hydroxyl groups excluding tert-OH is 1. The lowest BCUT2D eigenvalue weighted by molar-refractivity contribution is -0.142. The van der Waals surface area contributed by atoms with E-state index in [2.05, 4.69) is 47.5 Å². The molecule has 1 saturated heterocycles. The SMILES string of the molecule is CC[C@H](C)[C@H](NC(=O)[C@H](Cc1ccccc1)NC(=O)[C@H](CC(C)C)NC(=O)[C@H](CC(=O)O)NC(=O)[C@H](Cc1ccccc1)NC(=O)[C@@H]1CCCN1C(=O)c1ccccc1CCc1ccccc1NC(=O)[C@@H](N)CO)C(=O)N[C@@H](CCCN=C(N)N)C(=O)N[C@@H](CCCCN)C(=O)O. The molecular formula is C69H96N14O14. The van der Waals surface area contributed by atoms with Gasteiger partial charge in [-0.1, -0.05) is 131 Å². The Labute approximate surface area is 565 Å². The lowest BCUT2D eigenvalue weighted by atomic mass is 9.96. The smallest absolute Gasteiger partial charge is 0.326 e. The van der Waals surface area contributed by atoms with Crippen molar-refractivity contribution in [3.8, 4) is 0 Å². The van der Waals surface area contributed by atoms with Gasteiger partial charge in [-0.2, -0.15) is 0 Å². The number of carboxylic acids is 2. The molecule has 4 aromatic carbocycles. The van der Waals surface area contributed by atoms with Gasteiger partial charge in [0.1, 0.15) is 54.4 Å². The van der Waals surface area contributed by atoms with Crippen molar-refractivity contribution in [3.63, 3.8) is 0 Å². The van der Waals surface area contributed by atoms with Crippen LogP contribution in [-0.2, 0) is 73.6 Å². The fourth-order valence-corrected chi connectivity index (χ4v) is 11.1. The number of unbranched alkanes of at least 4 members (excludes halogenated alkanes) is 1. The predicted molar refractivity (Wildman–Crippen MR) is 363 cm³/mol. The van der Waals surface area contributed by atoms with Crippen LogP contribution in [0.3, 0.4) is 0 Å². The Morgan fingerprint density at radius 3 is 1.70 bits per heavy atom. The maximum atomic E-state index is 14.7. The van der Waals surface area contributed by atoms with Crippen LogP contribution in [0.15, 0.2) is 114 Å². The van der Waals surface area contributed by atoms with Crippen molar-refractivity contribution in [3.05, 3.63) is 137 Å². The summed E-state index contributed by atoms with van der Waals surface area (Å²) in [7, 11) is 0. The van der Waals surface area contributed by atoms with Crippen LogP contribution in [0, 0.1) is 11.8 Å². The van der Waals surface area contributed by atoms with Crippen LogP contribution in [0.25, 0.3) is 0 Å². The Bertz CT molecular complexity index is 3340. The minimum Gasteiger partial charge on any atom is -0.481 e. The fourth-order valence-electron chi connectivity index (χ4n) is 11.1. The second-order valence-electron chi connectivity index (χ2n) is 24.7. The summed E-state index contributed by atoms with van der Waals surface area (Å²) in [4.78, 5) is 159. The van der Waals surface area contributed by atoms with Crippen molar-refractivity contribution in [1.82, 2.24) is 42.1 Å². The Morgan fingerprint density at radius 2 is 1.10 bits per heavy atom. The zero-order chi connectivity index (χ0) is 71.1. The molecule has 28 heteroatoms. The molecule has 0 aromatic heterocycles. The van der Waals surface area contributed by atoms with E-state index in [-0.39, 0.29) is 69.9 Å². The number of aliphatic hydroxyl groups is 1. The van der Waals surface area contributed by atoms with Crippen molar-refractivity contribution >= 4 is 76.8 Å². The van der Waals surface area contributed by atoms with Gasteiger partial charge in [0, 0.05) is 37.2 Å². The summed E-state index contributed by atoms with van der Waals surface area (Å²) in [5, 5.41) is 50.9. The highest BCUT2D eigenvalue weighted by atomic mass is 16.4. The summed E-state index contributed by atoms with van der Waals surface area (Å²) in [5.74, 6) is -11.0. The monoisotopic (exact) mass is 1340 g/mol. The third-order valence-corrected chi connectivity index (χ3v) is 16.7. The van der Waals surface area contributed by atoms with Crippen molar-refractivity contribution in [2.75, 3.05) is 31.6 Å². The van der Waals surface area contributed by atoms with Gasteiger partial charge < -0.3 is 85.7 Å². The molecule has 0 aliphatic carbocycles. The normalized spacial score (nSPS) is 15.5. The molecule has 97 heavy (non-hydrogen) atoms. The molecule has 28 nitrogen and oxygen atoms in total. The average Bonchev–Trinajstić information content (AvgIpc) is 1.77. The van der Waals surface area contributed by atoms with Crippen LogP contribution in [0.4, 0.5) is 5.69 Å². The Morgan fingerprint density at radius 1 is 0.588 bits per heavy atom. The van der Waals surface area contributed by atoms with Gasteiger partial charge in [-0.05, 0) is 117 Å². The van der Waals surface area contributed by atoms with E-state index in [1.165, 1.54) is 4.90 Å². The van der Waals surface area contributed by atoms with E-state index in [0.29, 0.717) is 73.0 Å². The number of aliphatic imine (C=N–C) groups is 1. The first-order chi connectivity index (χ1) is 46.3. The largest absolute Gasteiger partial charge is 0.481 e. The van der Waals surface area contributed by atoms with Crippen molar-refractivity contribution in [2.45, 2.75) is 172 Å². The molecule has 0 bridgehead atoms. The van der Waals surface area contributed by atoms with Gasteiger partial charge in [0.2, 0.25) is 47.3 Å². The Hall–Kier alpha value is -9.80. The van der Waals surface area contributed by atoms with Crippen LogP contribution in [-0.4, -0.2) is 172 Å². The highest BCUT2D eigenvalue weighted by Gasteiger charge is 2.40. The van der Waals surface area contributed by atoms with Crippen molar-refractivity contribution in [1.29, 1.82) is 0 Å². The van der Waals surface area contributed by atoms with E-state index in [0.717, 1.165) is 5.56 Å². The number of aliphatic carboxylic acids is 2. The number of benzene rings is 4. The molecule has 0 radical (unpaired) electrons. The highest BCUT2D eigenvalue weighted by Crippen LogP contribution is 2.25. The molecule has 19 N–H and O–H groups in total. The van der Waals surface area contributed by atoms with Gasteiger partial charge in [0.05, 0.1) is 13.0 Å². The Kier molecular flexibility index (Phi) is 32.1. The molecule has 4 aromatic rings. The van der Waals surface area contributed by atoms with E-state index >= 15 is 0 Å². The van der Waals surface area contributed by atoms with Gasteiger partial charge in [-0.25, -0.2) is 4.79 Å². The maximum Gasteiger partial charge on any atom is 0.326 e. The predicted octanol–water partition coefficient (Wildman–Crippen LogP) is 1.05. The zero-order valence-electron chi connectivity index (χ0n) is 55.5. The number of nitrogens with zero attached hydrogens (tertiary/aromatic N) is 2. The van der Waals surface area contributed by atoms with Crippen LogP contribution < -0.4 is 65.5 Å². The van der Waals surface area contributed by atoms with E-state index in [9.17, 15) is 68.1 Å². The number of carbonyl (C=O) groups excluding carboxylic acids is 9. The number of anilines is 1. The molecule has 10 atom stereocenters. The summed E-state index contributed by atoms with van der Waals surface area (Å²) < 4.78 is 0. The second kappa shape index (κ2) is 39.9. The molecule has 5 rings (SSSR count). The van der Waals surface area contributed by atoms with Gasteiger partial charge in [0.25, 0.3) is 5.91 Å². The number of nitrogens with two attached hydrogens (primary N) is 4. The van der Waals surface area contributed by atoms with E-state index in [1.54, 1.807) is 131 Å². The number of hydrogen-bond donors (Lipinski definition) is 15. The third kappa shape index (κ3) is 25.4. The maximum absolute atomic E-state index is 14.7. The van der Waals surface area contributed by atoms with E-state index in [4.69, 9.17) is 22.9 Å². The number of rotatable bonds is 40. The quantitative estimate of drug-likeness (QED) is 0.0168. The van der Waals surface area contributed by atoms with E-state index < -0.39 is 138 Å². The first-order valence-electron chi connectivity index (χ1n) is 32.9. The molecule has 0 saturated carbocycles. The van der Waals surface area contributed by atoms with Gasteiger partial charge in [-0.15, -0.1) is 0 Å². The van der Waals surface area contributed by atoms with Gasteiger partial charge in [0.15, 0.2) is 5.96 Å². The summed E-state index contributed by atoms with van der Waals surface area (Å²) in [6, 6.07) is 18.8. The second-order valence-corrected chi connectivity index (χ2v) is 24.7. The number of para-hydroxylation sites is 1. The minimum absolute atomic E-state index is 0.0433. The molecule has 1 aliphatic heterocycles. The third-order valence-electron chi connectivity index (χ3n) is 16.7. The number of likely N-dealkylation sites (tertiary alicyclic amines) is 1. The number of amides is 9. The van der Waals surface area contributed by atoms with Crippen LogP contribution in [0.2, 0.25) is 0 Å². The number of guanidine groups is 1. The summed E-state index contributed by atoms with van der Waals surface area (Å²) in [5.41, 5.74) is 25.8. The number of hydrogen-bond acceptors (Lipinski definition) is 15. The Balaban J connectivity index is 1.37. The average molecular weight is 1350 g/mol. The topological polar surface area (TPSA) is 464 Å². The number of aryl methyl sites for hydroxylation is 2. The molecule has 0 spiro atoms. The van der Waals surface area contributed by atoms with Gasteiger partial charge in [-0.3, -0.25) is 52.9 Å². The highest BCUT2D eigenvalue weighted by molar-refractivity contribution is 6.01. The first kappa shape index (κ1) is 77.9. The molecule has 1 fully saturated rings. The zero-order valence-corrected chi connectivity index (χ0v) is 55.5. The molecule has 0 unspecified atom stereocenters. The standard InChI is InChI=1S/C69H96N14O14/c1-5-42(4)58(66(94)76-50(29-18-34-74-69(72)73)60(88)77-51(68(96)97)28-16-17-33-70)82-64(92)54(38-44-22-10-7-11-23-44)79-61(89)52(36-41(2)3)78-63(91)55(39-57(85)86)80-62(90)53(37-43-20-8-6-9-21-43)81-65(93)56-30-19-35-83(56)67(95)47-26-14-12-24-45(47)31-32-46-25-13-15-27-49(46)75-59(87)48(71)40-84/h6-15,20-27,41-42,48,50-56,58,84H,5,16-19,28-40,70-71H2,1-4H3,(H,75,87)(H,76,94)(H,77,88)(H,78,91)(H,79,89)(H,80,90)(H,81,93)(H,82,92)(H,85,86)(H,96,97)(H4,72,73,74)/t42-,48-,50-,51-,52-,53-,54-,55-,56-,58-/m0/s1. The summed E-state index contributed by atoms with van der Waals surface area (Å²) in [6.45, 7) is 6.98. The number of nitrogens with one attached hydrogen (secondary N) is 8. The summed E-state index contributed by atoms with van der Waals surface area (Å²) in [6.07, 6.45) is 1.51.